The topological polar surface area (TPSA) is 85.9 Å². The van der Waals surface area contributed by atoms with Gasteiger partial charge >= 0.3 is 0 Å². The molecule has 172 valence electrons. The molecule has 0 spiro atoms. The van der Waals surface area contributed by atoms with Crippen LogP contribution in [0.15, 0.2) is 66.7 Å². The second-order valence-corrected chi connectivity index (χ2v) is 7.23. The van der Waals surface area contributed by atoms with Crippen molar-refractivity contribution in [2.45, 2.75) is 19.8 Å². The number of aryl methyl sites for hydroxylation is 1. The predicted molar refractivity (Wildman–Crippen MR) is 129 cm³/mol. The molecule has 0 aliphatic carbocycles. The van der Waals surface area contributed by atoms with E-state index in [9.17, 15) is 9.59 Å². The predicted octanol–water partition coefficient (Wildman–Crippen LogP) is 4.93. The van der Waals surface area contributed by atoms with Crippen molar-refractivity contribution >= 4 is 23.2 Å². The van der Waals surface area contributed by atoms with E-state index in [2.05, 4.69) is 10.6 Å². The molecule has 0 aliphatic rings. The van der Waals surface area contributed by atoms with Gasteiger partial charge in [-0.3, -0.25) is 9.59 Å². The van der Waals surface area contributed by atoms with Crippen molar-refractivity contribution in [1.29, 1.82) is 0 Å². The van der Waals surface area contributed by atoms with E-state index in [1.165, 1.54) is 0 Å². The number of anilines is 2. The highest BCUT2D eigenvalue weighted by atomic mass is 16.5. The highest BCUT2D eigenvalue weighted by Crippen LogP contribution is 2.28. The number of ether oxygens (including phenoxy) is 3. The van der Waals surface area contributed by atoms with Crippen molar-refractivity contribution < 1.29 is 23.8 Å². The van der Waals surface area contributed by atoms with Crippen LogP contribution >= 0.6 is 0 Å². The summed E-state index contributed by atoms with van der Waals surface area (Å²) in [5.41, 5.74) is 2.78. The second kappa shape index (κ2) is 11.6. The van der Waals surface area contributed by atoms with E-state index >= 15 is 0 Å². The maximum atomic E-state index is 12.5. The zero-order valence-electron chi connectivity index (χ0n) is 19.0. The van der Waals surface area contributed by atoms with Crippen molar-refractivity contribution in [2.24, 2.45) is 0 Å². The second-order valence-electron chi connectivity index (χ2n) is 7.23. The van der Waals surface area contributed by atoms with E-state index in [0.29, 0.717) is 47.9 Å². The summed E-state index contributed by atoms with van der Waals surface area (Å²) in [6.45, 7) is 2.50. The molecule has 2 amide bonds. The van der Waals surface area contributed by atoms with Crippen LogP contribution in [-0.4, -0.2) is 32.6 Å². The monoisotopic (exact) mass is 448 g/mol. The first-order valence-electron chi connectivity index (χ1n) is 10.7. The highest BCUT2D eigenvalue weighted by molar-refractivity contribution is 6.04. The van der Waals surface area contributed by atoms with Gasteiger partial charge in [-0.25, -0.2) is 0 Å². The summed E-state index contributed by atoms with van der Waals surface area (Å²) in [5.74, 6) is 1.69. The molecule has 0 fully saturated rings. The van der Waals surface area contributed by atoms with Gasteiger partial charge in [0.2, 0.25) is 5.91 Å². The van der Waals surface area contributed by atoms with E-state index in [-0.39, 0.29) is 11.8 Å². The zero-order valence-corrected chi connectivity index (χ0v) is 19.0. The quantitative estimate of drug-likeness (QED) is 0.460. The van der Waals surface area contributed by atoms with Crippen LogP contribution < -0.4 is 24.8 Å². The van der Waals surface area contributed by atoms with Gasteiger partial charge in [-0.15, -0.1) is 0 Å². The normalized spacial score (nSPS) is 10.3. The minimum atomic E-state index is -0.231. The van der Waals surface area contributed by atoms with Crippen LogP contribution in [-0.2, 0) is 11.2 Å². The number of benzene rings is 3. The van der Waals surface area contributed by atoms with Crippen LogP contribution in [0.4, 0.5) is 11.4 Å². The van der Waals surface area contributed by atoms with Crippen molar-refractivity contribution in [2.75, 3.05) is 31.5 Å². The third-order valence-corrected chi connectivity index (χ3v) is 4.94. The molecule has 0 bridgehead atoms. The average Bonchev–Trinajstić information content (AvgIpc) is 2.84. The minimum absolute atomic E-state index is 0.114. The molecule has 3 rings (SSSR count). The number of amides is 2. The molecule has 2 N–H and O–H groups in total. The summed E-state index contributed by atoms with van der Waals surface area (Å²) in [5, 5.41) is 5.70. The summed E-state index contributed by atoms with van der Waals surface area (Å²) in [6.07, 6.45) is 0.879. The van der Waals surface area contributed by atoms with E-state index in [0.717, 1.165) is 11.3 Å². The summed E-state index contributed by atoms with van der Waals surface area (Å²) >= 11 is 0. The molecular weight excluding hydrogens is 420 g/mol. The smallest absolute Gasteiger partial charge is 0.255 e. The molecule has 33 heavy (non-hydrogen) atoms. The molecule has 0 saturated carbocycles. The van der Waals surface area contributed by atoms with Gasteiger partial charge < -0.3 is 24.8 Å². The molecule has 0 aliphatic heterocycles. The Morgan fingerprint density at radius 1 is 0.788 bits per heavy atom. The lowest BCUT2D eigenvalue weighted by atomic mass is 10.1. The SMILES string of the molecule is CCOc1ccc(NC(=O)c2ccc(NC(=O)CCc3ccc(OC)c(OC)c3)cc2)cc1. The van der Waals surface area contributed by atoms with Crippen LogP contribution in [0, 0.1) is 0 Å². The van der Waals surface area contributed by atoms with Gasteiger partial charge in [0.1, 0.15) is 5.75 Å². The molecule has 0 atom stereocenters. The van der Waals surface area contributed by atoms with E-state index in [1.54, 1.807) is 62.8 Å². The Morgan fingerprint density at radius 3 is 2.06 bits per heavy atom. The number of carbonyl (C=O) groups is 2. The van der Waals surface area contributed by atoms with Gasteiger partial charge in [0.25, 0.3) is 5.91 Å². The standard InChI is InChI=1S/C26H28N2O5/c1-4-33-22-13-11-21(12-14-22)28-26(30)19-7-9-20(10-8-19)27-25(29)16-6-18-5-15-23(31-2)24(17-18)32-3/h5,7-15,17H,4,6,16H2,1-3H3,(H,27,29)(H,28,30). The Balaban J connectivity index is 1.51. The van der Waals surface area contributed by atoms with Crippen molar-refractivity contribution in [3.8, 4) is 17.2 Å². The molecule has 7 nitrogen and oxygen atoms in total. The van der Waals surface area contributed by atoms with Gasteiger partial charge in [-0.05, 0) is 79.6 Å². The first-order chi connectivity index (χ1) is 16.0. The Morgan fingerprint density at radius 2 is 1.42 bits per heavy atom. The third kappa shape index (κ3) is 6.74. The van der Waals surface area contributed by atoms with Gasteiger partial charge in [0.05, 0.1) is 20.8 Å². The van der Waals surface area contributed by atoms with Gasteiger partial charge in [-0.2, -0.15) is 0 Å². The van der Waals surface area contributed by atoms with Crippen molar-refractivity contribution in [1.82, 2.24) is 0 Å². The summed E-state index contributed by atoms with van der Waals surface area (Å²) in [6, 6.07) is 19.6. The number of rotatable bonds is 10. The Hall–Kier alpha value is -4.00. The van der Waals surface area contributed by atoms with E-state index in [1.807, 2.05) is 25.1 Å². The van der Waals surface area contributed by atoms with Crippen LogP contribution in [0.25, 0.3) is 0 Å². The number of nitrogens with one attached hydrogen (secondary N) is 2. The third-order valence-electron chi connectivity index (χ3n) is 4.94. The maximum Gasteiger partial charge on any atom is 0.255 e. The van der Waals surface area contributed by atoms with E-state index < -0.39 is 0 Å². The maximum absolute atomic E-state index is 12.5. The van der Waals surface area contributed by atoms with Crippen molar-refractivity contribution in [3.05, 3.63) is 77.9 Å². The number of carbonyl (C=O) groups excluding carboxylic acids is 2. The number of methoxy groups -OCH3 is 2. The Kier molecular flexibility index (Phi) is 8.30. The van der Waals surface area contributed by atoms with Gasteiger partial charge in [0, 0.05) is 23.4 Å². The minimum Gasteiger partial charge on any atom is -0.494 e. The lowest BCUT2D eigenvalue weighted by Gasteiger charge is -2.10. The number of hydrogen-bond acceptors (Lipinski definition) is 5. The van der Waals surface area contributed by atoms with E-state index in [4.69, 9.17) is 14.2 Å². The first kappa shape index (κ1) is 23.7. The van der Waals surface area contributed by atoms with Crippen LogP contribution in [0.5, 0.6) is 17.2 Å². The molecule has 0 aromatic heterocycles. The first-order valence-corrected chi connectivity index (χ1v) is 10.7. The van der Waals surface area contributed by atoms with Crippen LogP contribution in [0.2, 0.25) is 0 Å². The molecule has 7 heteroatoms. The molecule has 3 aromatic rings. The molecule has 0 heterocycles. The molecule has 0 radical (unpaired) electrons. The van der Waals surface area contributed by atoms with Crippen LogP contribution in [0.1, 0.15) is 29.3 Å². The molecule has 3 aromatic carbocycles. The average molecular weight is 449 g/mol. The Labute approximate surface area is 193 Å². The largest absolute Gasteiger partial charge is 0.494 e. The molecule has 0 unspecified atom stereocenters. The van der Waals surface area contributed by atoms with Crippen LogP contribution in [0.3, 0.4) is 0 Å². The fourth-order valence-corrected chi connectivity index (χ4v) is 3.23. The fraction of sp³-hybridized carbons (Fsp3) is 0.231. The summed E-state index contributed by atoms with van der Waals surface area (Å²) < 4.78 is 15.9. The highest BCUT2D eigenvalue weighted by Gasteiger charge is 2.09. The van der Waals surface area contributed by atoms with Gasteiger partial charge in [0.15, 0.2) is 11.5 Å². The fourth-order valence-electron chi connectivity index (χ4n) is 3.23. The zero-order chi connectivity index (χ0) is 23.6. The lowest BCUT2D eigenvalue weighted by molar-refractivity contribution is -0.116. The lowest BCUT2D eigenvalue weighted by Crippen LogP contribution is -2.14. The number of hydrogen-bond donors (Lipinski definition) is 2. The summed E-state index contributed by atoms with van der Waals surface area (Å²) in [7, 11) is 3.16. The van der Waals surface area contributed by atoms with Crippen molar-refractivity contribution in [3.63, 3.8) is 0 Å². The molecule has 0 saturated heterocycles. The Bertz CT molecular complexity index is 1080. The van der Waals surface area contributed by atoms with Gasteiger partial charge in [-0.1, -0.05) is 6.07 Å². The molecular formula is C26H28N2O5. The summed E-state index contributed by atoms with van der Waals surface area (Å²) in [4.78, 5) is 24.8.